The van der Waals surface area contributed by atoms with Gasteiger partial charge in [0.15, 0.2) is 0 Å². The van der Waals surface area contributed by atoms with Crippen LogP contribution in [0.1, 0.15) is 0 Å². The Labute approximate surface area is 79.2 Å². The lowest BCUT2D eigenvalue weighted by Crippen LogP contribution is -2.15. The second-order valence-electron chi connectivity index (χ2n) is 2.60. The number of anilines is 2. The Kier molecular flexibility index (Phi) is 1.77. The molecule has 1 heterocycles. The lowest BCUT2D eigenvalue weighted by molar-refractivity contribution is 1.24. The lowest BCUT2D eigenvalue weighted by atomic mass is 10.2. The van der Waals surface area contributed by atoms with Crippen LogP contribution in [0.5, 0.6) is 0 Å². The van der Waals surface area contributed by atoms with Crippen LogP contribution in [-0.2, 0) is 0 Å². The Morgan fingerprint density at radius 1 is 1.50 bits per heavy atom. The molecule has 0 bridgehead atoms. The number of nitrogens with zero attached hydrogens (tertiary/aromatic N) is 2. The molecular formula is C8H8BrN3. The first-order valence-electron chi connectivity index (χ1n) is 3.63. The fourth-order valence-corrected chi connectivity index (χ4v) is 1.59. The average molecular weight is 226 g/mol. The molecule has 1 aliphatic rings. The van der Waals surface area contributed by atoms with Crippen molar-refractivity contribution < 1.29 is 0 Å². The van der Waals surface area contributed by atoms with Crippen molar-refractivity contribution in [2.75, 3.05) is 16.2 Å². The number of fused-ring (bicyclic) bond motifs is 1. The van der Waals surface area contributed by atoms with Crippen LogP contribution in [0.25, 0.3) is 0 Å². The van der Waals surface area contributed by atoms with E-state index in [0.29, 0.717) is 0 Å². The van der Waals surface area contributed by atoms with Gasteiger partial charge in [0.2, 0.25) is 0 Å². The summed E-state index contributed by atoms with van der Waals surface area (Å²) in [5.41, 5.74) is 8.34. The minimum Gasteiger partial charge on any atom is -0.399 e. The second kappa shape index (κ2) is 2.79. The molecule has 1 aromatic rings. The van der Waals surface area contributed by atoms with Crippen LogP contribution in [0.2, 0.25) is 0 Å². The fourth-order valence-electron chi connectivity index (χ4n) is 1.16. The number of nitrogen functional groups attached to an aromatic ring is 1. The van der Waals surface area contributed by atoms with Gasteiger partial charge in [0.1, 0.15) is 0 Å². The first kappa shape index (κ1) is 7.61. The fraction of sp³-hybridized carbons (Fsp3) is 0.125. The number of hydrogen-bond acceptors (Lipinski definition) is 3. The molecule has 0 aromatic heterocycles. The molecule has 2 rings (SSSR count). The molecule has 0 fully saturated rings. The Morgan fingerprint density at radius 3 is 3.17 bits per heavy atom. The largest absolute Gasteiger partial charge is 0.399 e. The highest BCUT2D eigenvalue weighted by atomic mass is 79.9. The first-order valence-corrected chi connectivity index (χ1v) is 4.33. The van der Waals surface area contributed by atoms with Crippen LogP contribution < -0.4 is 9.66 Å². The molecule has 1 aromatic carbocycles. The second-order valence-corrected chi connectivity index (χ2v) is 3.46. The van der Waals surface area contributed by atoms with Crippen LogP contribution in [0.3, 0.4) is 0 Å². The Hall–Kier alpha value is -1.03. The minimum absolute atomic E-state index is 0.744. The normalized spacial score (nSPS) is 14.6. The number of benzene rings is 1. The SMILES string of the molecule is Nc1ccc2c(c1)N=CCN2Br. The van der Waals surface area contributed by atoms with E-state index in [1.807, 2.05) is 28.3 Å². The van der Waals surface area contributed by atoms with Gasteiger partial charge in [-0.15, -0.1) is 0 Å². The van der Waals surface area contributed by atoms with E-state index in [1.54, 1.807) is 0 Å². The summed E-state index contributed by atoms with van der Waals surface area (Å²) >= 11 is 3.41. The maximum absolute atomic E-state index is 5.62. The van der Waals surface area contributed by atoms with Gasteiger partial charge in [-0.05, 0) is 18.2 Å². The molecule has 0 unspecified atom stereocenters. The number of rotatable bonds is 0. The summed E-state index contributed by atoms with van der Waals surface area (Å²) in [7, 11) is 0. The summed E-state index contributed by atoms with van der Waals surface area (Å²) in [6.45, 7) is 0.789. The zero-order valence-electron chi connectivity index (χ0n) is 6.37. The standard InChI is InChI=1S/C8H8BrN3/c9-12-4-3-11-7-5-6(10)1-2-8(7)12/h1-3,5H,4,10H2. The van der Waals surface area contributed by atoms with Gasteiger partial charge in [-0.25, -0.2) is 0 Å². The highest BCUT2D eigenvalue weighted by molar-refractivity contribution is 9.10. The molecule has 0 amide bonds. The van der Waals surface area contributed by atoms with Crippen LogP contribution >= 0.6 is 16.1 Å². The van der Waals surface area contributed by atoms with Gasteiger partial charge in [-0.2, -0.15) is 0 Å². The predicted molar refractivity (Wildman–Crippen MR) is 55.3 cm³/mol. The van der Waals surface area contributed by atoms with Crippen LogP contribution in [0, 0.1) is 0 Å². The number of nitrogens with two attached hydrogens (primary N) is 1. The number of aliphatic imine (C=N–C) groups is 1. The van der Waals surface area contributed by atoms with Crippen molar-refractivity contribution in [2.24, 2.45) is 4.99 Å². The topological polar surface area (TPSA) is 41.6 Å². The quantitative estimate of drug-likeness (QED) is 0.543. The summed E-state index contributed by atoms with van der Waals surface area (Å²) in [6.07, 6.45) is 1.84. The molecule has 3 nitrogen and oxygen atoms in total. The molecule has 0 radical (unpaired) electrons. The Bertz CT molecular complexity index is 335. The summed E-state index contributed by atoms with van der Waals surface area (Å²) in [5, 5.41) is 0. The van der Waals surface area contributed by atoms with Gasteiger partial charge in [0.05, 0.1) is 34.1 Å². The third-order valence-electron chi connectivity index (χ3n) is 1.73. The highest BCUT2D eigenvalue weighted by Crippen LogP contribution is 2.34. The molecule has 1 aliphatic heterocycles. The van der Waals surface area contributed by atoms with E-state index in [-0.39, 0.29) is 0 Å². The summed E-state index contributed by atoms with van der Waals surface area (Å²) < 4.78 is 1.95. The average Bonchev–Trinajstić information content (AvgIpc) is 2.04. The maximum atomic E-state index is 5.62. The van der Waals surface area contributed by atoms with Crippen molar-refractivity contribution in [2.45, 2.75) is 0 Å². The van der Waals surface area contributed by atoms with Gasteiger partial charge in [-0.3, -0.25) is 4.99 Å². The molecule has 0 saturated heterocycles. The molecule has 62 valence electrons. The first-order chi connectivity index (χ1) is 5.77. The van der Waals surface area contributed by atoms with E-state index in [9.17, 15) is 0 Å². The predicted octanol–water partition coefficient (Wildman–Crippen LogP) is 2.10. The number of halogens is 1. The van der Waals surface area contributed by atoms with Crippen LogP contribution in [-0.4, -0.2) is 12.8 Å². The zero-order valence-corrected chi connectivity index (χ0v) is 7.95. The monoisotopic (exact) mass is 225 g/mol. The highest BCUT2D eigenvalue weighted by Gasteiger charge is 2.10. The molecule has 4 heteroatoms. The maximum Gasteiger partial charge on any atom is 0.0888 e. The van der Waals surface area contributed by atoms with Gasteiger partial charge < -0.3 is 9.66 Å². The smallest absolute Gasteiger partial charge is 0.0888 e. The molecule has 0 saturated carbocycles. The van der Waals surface area contributed by atoms with E-state index in [0.717, 1.165) is 23.6 Å². The molecule has 2 N–H and O–H groups in total. The molecular weight excluding hydrogens is 218 g/mol. The third kappa shape index (κ3) is 1.18. The van der Waals surface area contributed by atoms with E-state index in [1.165, 1.54) is 0 Å². The van der Waals surface area contributed by atoms with Crippen LogP contribution in [0.4, 0.5) is 17.1 Å². The van der Waals surface area contributed by atoms with Crippen molar-refractivity contribution in [3.8, 4) is 0 Å². The van der Waals surface area contributed by atoms with E-state index in [2.05, 4.69) is 21.1 Å². The van der Waals surface area contributed by atoms with E-state index < -0.39 is 0 Å². The van der Waals surface area contributed by atoms with Crippen molar-refractivity contribution in [1.29, 1.82) is 0 Å². The Morgan fingerprint density at radius 2 is 2.33 bits per heavy atom. The molecule has 0 spiro atoms. The van der Waals surface area contributed by atoms with Crippen molar-refractivity contribution in [1.82, 2.24) is 0 Å². The zero-order chi connectivity index (χ0) is 8.55. The summed E-state index contributed by atoms with van der Waals surface area (Å²) in [5.74, 6) is 0. The van der Waals surface area contributed by atoms with E-state index >= 15 is 0 Å². The van der Waals surface area contributed by atoms with Crippen LogP contribution in [0.15, 0.2) is 23.2 Å². The number of hydrogen-bond donors (Lipinski definition) is 1. The lowest BCUT2D eigenvalue weighted by Gasteiger charge is -2.19. The van der Waals surface area contributed by atoms with Gasteiger partial charge in [0.25, 0.3) is 0 Å². The van der Waals surface area contributed by atoms with Gasteiger partial charge in [0, 0.05) is 11.9 Å². The van der Waals surface area contributed by atoms with Gasteiger partial charge in [-0.1, -0.05) is 0 Å². The van der Waals surface area contributed by atoms with Crippen molar-refractivity contribution >= 4 is 39.4 Å². The molecule has 12 heavy (non-hydrogen) atoms. The van der Waals surface area contributed by atoms with Gasteiger partial charge >= 0.3 is 0 Å². The Balaban J connectivity index is 2.55. The molecule has 0 aliphatic carbocycles. The summed E-state index contributed by atoms with van der Waals surface area (Å²) in [6, 6.07) is 5.68. The third-order valence-corrected chi connectivity index (χ3v) is 2.40. The van der Waals surface area contributed by atoms with Crippen molar-refractivity contribution in [3.63, 3.8) is 0 Å². The van der Waals surface area contributed by atoms with E-state index in [4.69, 9.17) is 5.73 Å². The van der Waals surface area contributed by atoms with Crippen molar-refractivity contribution in [3.05, 3.63) is 18.2 Å². The molecule has 0 atom stereocenters. The minimum atomic E-state index is 0.744. The summed E-state index contributed by atoms with van der Waals surface area (Å²) in [4.78, 5) is 4.23.